The van der Waals surface area contributed by atoms with Crippen LogP contribution in [0.25, 0.3) is 11.0 Å². The molecule has 144 valence electrons. The predicted octanol–water partition coefficient (Wildman–Crippen LogP) is 4.28. The number of unbranched alkanes of at least 4 members (excludes halogenated alkanes) is 2. The molecule has 3 rings (SSSR count). The fourth-order valence-electron chi connectivity index (χ4n) is 2.69. The molecular formula is C17H18F3N5OS. The van der Waals surface area contributed by atoms with Gasteiger partial charge in [-0.05, 0) is 18.6 Å². The van der Waals surface area contributed by atoms with Crippen LogP contribution < -0.4 is 5.32 Å². The molecule has 2 aromatic heterocycles. The SMILES string of the molecule is CCCCCc1nnc(NC(=O)Cn2c(C(F)(F)F)nc3ccccc32)s1. The Morgan fingerprint density at radius 2 is 2.00 bits per heavy atom. The molecule has 0 saturated heterocycles. The highest BCUT2D eigenvalue weighted by atomic mass is 32.1. The first-order chi connectivity index (χ1) is 12.9. The van der Waals surface area contributed by atoms with E-state index in [-0.39, 0.29) is 16.2 Å². The average molecular weight is 397 g/mol. The Morgan fingerprint density at radius 1 is 1.22 bits per heavy atom. The lowest BCUT2D eigenvalue weighted by atomic mass is 10.2. The first kappa shape index (κ1) is 19.3. The van der Waals surface area contributed by atoms with E-state index in [0.29, 0.717) is 0 Å². The van der Waals surface area contributed by atoms with Crippen molar-refractivity contribution in [3.8, 4) is 0 Å². The molecule has 0 saturated carbocycles. The highest BCUT2D eigenvalue weighted by Gasteiger charge is 2.38. The van der Waals surface area contributed by atoms with Crippen molar-refractivity contribution in [2.75, 3.05) is 5.32 Å². The van der Waals surface area contributed by atoms with Crippen LogP contribution in [0.3, 0.4) is 0 Å². The zero-order valence-electron chi connectivity index (χ0n) is 14.6. The highest BCUT2D eigenvalue weighted by molar-refractivity contribution is 7.15. The molecular weight excluding hydrogens is 379 g/mol. The number of aromatic nitrogens is 4. The van der Waals surface area contributed by atoms with Crippen molar-refractivity contribution in [1.82, 2.24) is 19.7 Å². The zero-order chi connectivity index (χ0) is 19.4. The lowest BCUT2D eigenvalue weighted by molar-refractivity contribution is -0.147. The number of rotatable bonds is 7. The predicted molar refractivity (Wildman–Crippen MR) is 96.5 cm³/mol. The molecule has 0 unspecified atom stereocenters. The van der Waals surface area contributed by atoms with Crippen molar-refractivity contribution in [3.05, 3.63) is 35.1 Å². The summed E-state index contributed by atoms with van der Waals surface area (Å²) >= 11 is 1.24. The van der Waals surface area contributed by atoms with Gasteiger partial charge in [0.1, 0.15) is 11.6 Å². The van der Waals surface area contributed by atoms with E-state index in [1.54, 1.807) is 12.1 Å². The van der Waals surface area contributed by atoms with Gasteiger partial charge in [0.05, 0.1) is 11.0 Å². The number of imidazole rings is 1. The van der Waals surface area contributed by atoms with E-state index in [4.69, 9.17) is 0 Å². The average Bonchev–Trinajstić information content (AvgIpc) is 3.20. The van der Waals surface area contributed by atoms with Gasteiger partial charge in [-0.15, -0.1) is 10.2 Å². The van der Waals surface area contributed by atoms with Crippen LogP contribution in [0.5, 0.6) is 0 Å². The number of halogens is 3. The van der Waals surface area contributed by atoms with Gasteiger partial charge in [-0.2, -0.15) is 13.2 Å². The number of hydrogen-bond acceptors (Lipinski definition) is 5. The van der Waals surface area contributed by atoms with Crippen molar-refractivity contribution in [2.45, 2.75) is 45.3 Å². The monoisotopic (exact) mass is 397 g/mol. The third kappa shape index (κ3) is 4.62. The van der Waals surface area contributed by atoms with Gasteiger partial charge in [0, 0.05) is 6.42 Å². The van der Waals surface area contributed by atoms with E-state index in [2.05, 4.69) is 27.4 Å². The Hall–Kier alpha value is -2.49. The van der Waals surface area contributed by atoms with Gasteiger partial charge in [0.2, 0.25) is 16.9 Å². The summed E-state index contributed by atoms with van der Waals surface area (Å²) in [5.74, 6) is -1.71. The Bertz CT molecular complexity index is 934. The van der Waals surface area contributed by atoms with Gasteiger partial charge in [0.25, 0.3) is 0 Å². The Kier molecular flexibility index (Phi) is 5.73. The number of alkyl halides is 3. The van der Waals surface area contributed by atoms with E-state index in [1.165, 1.54) is 23.5 Å². The summed E-state index contributed by atoms with van der Waals surface area (Å²) in [5, 5.41) is 11.5. The first-order valence-electron chi connectivity index (χ1n) is 8.53. The second kappa shape index (κ2) is 8.03. The molecule has 1 amide bonds. The number of anilines is 1. The van der Waals surface area contributed by atoms with Gasteiger partial charge in [-0.25, -0.2) is 4.98 Å². The third-order valence-corrected chi connectivity index (χ3v) is 4.82. The summed E-state index contributed by atoms with van der Waals surface area (Å²) in [5.41, 5.74) is 0.434. The second-order valence-corrected chi connectivity index (χ2v) is 7.08. The van der Waals surface area contributed by atoms with Crippen LogP contribution in [0, 0.1) is 0 Å². The highest BCUT2D eigenvalue weighted by Crippen LogP contribution is 2.31. The summed E-state index contributed by atoms with van der Waals surface area (Å²) in [7, 11) is 0. The number of carbonyl (C=O) groups is 1. The van der Waals surface area contributed by atoms with Gasteiger partial charge < -0.3 is 4.57 Å². The lowest BCUT2D eigenvalue weighted by Gasteiger charge is -2.10. The maximum atomic E-state index is 13.3. The molecule has 0 aliphatic carbocycles. The van der Waals surface area contributed by atoms with E-state index < -0.39 is 24.5 Å². The van der Waals surface area contributed by atoms with Crippen molar-refractivity contribution < 1.29 is 18.0 Å². The van der Waals surface area contributed by atoms with Crippen molar-refractivity contribution in [3.63, 3.8) is 0 Å². The Labute approximate surface area is 157 Å². The first-order valence-corrected chi connectivity index (χ1v) is 9.35. The molecule has 0 fully saturated rings. The van der Waals surface area contributed by atoms with Crippen LogP contribution in [-0.2, 0) is 23.9 Å². The largest absolute Gasteiger partial charge is 0.449 e. The second-order valence-electron chi connectivity index (χ2n) is 6.01. The summed E-state index contributed by atoms with van der Waals surface area (Å²) in [4.78, 5) is 15.9. The minimum Gasteiger partial charge on any atom is -0.311 e. The Morgan fingerprint density at radius 3 is 2.74 bits per heavy atom. The van der Waals surface area contributed by atoms with Crippen LogP contribution in [0.1, 0.15) is 37.0 Å². The zero-order valence-corrected chi connectivity index (χ0v) is 15.4. The summed E-state index contributed by atoms with van der Waals surface area (Å²) in [6.45, 7) is 1.58. The van der Waals surface area contributed by atoms with Gasteiger partial charge in [0.15, 0.2) is 0 Å². The molecule has 1 N–H and O–H groups in total. The maximum Gasteiger partial charge on any atom is 0.449 e. The quantitative estimate of drug-likeness (QED) is 0.604. The number of fused-ring (bicyclic) bond motifs is 1. The molecule has 10 heteroatoms. The fourth-order valence-corrected chi connectivity index (χ4v) is 3.48. The molecule has 0 radical (unpaired) electrons. The lowest BCUT2D eigenvalue weighted by Crippen LogP contribution is -2.23. The van der Waals surface area contributed by atoms with Crippen molar-refractivity contribution in [2.24, 2.45) is 0 Å². The smallest absolute Gasteiger partial charge is 0.311 e. The van der Waals surface area contributed by atoms with Gasteiger partial charge in [-0.3, -0.25) is 10.1 Å². The molecule has 0 atom stereocenters. The van der Waals surface area contributed by atoms with Crippen molar-refractivity contribution >= 4 is 33.4 Å². The summed E-state index contributed by atoms with van der Waals surface area (Å²) in [6, 6.07) is 6.18. The van der Waals surface area contributed by atoms with Gasteiger partial charge in [-0.1, -0.05) is 43.2 Å². The molecule has 27 heavy (non-hydrogen) atoms. The molecule has 2 heterocycles. The topological polar surface area (TPSA) is 72.7 Å². The van der Waals surface area contributed by atoms with E-state index in [0.717, 1.165) is 35.3 Å². The minimum atomic E-state index is -4.66. The summed E-state index contributed by atoms with van der Waals surface area (Å²) in [6.07, 6.45) is -0.743. The van der Waals surface area contributed by atoms with E-state index in [1.807, 2.05) is 0 Å². The van der Waals surface area contributed by atoms with Crippen LogP contribution in [0.2, 0.25) is 0 Å². The molecule has 0 spiro atoms. The third-order valence-electron chi connectivity index (χ3n) is 3.92. The number of aryl methyl sites for hydroxylation is 1. The van der Waals surface area contributed by atoms with Crippen LogP contribution in [0.4, 0.5) is 18.3 Å². The maximum absolute atomic E-state index is 13.3. The van der Waals surface area contributed by atoms with Gasteiger partial charge >= 0.3 is 6.18 Å². The number of hydrogen-bond donors (Lipinski definition) is 1. The number of nitrogens with one attached hydrogen (secondary N) is 1. The molecule has 0 bridgehead atoms. The normalized spacial score (nSPS) is 11.9. The summed E-state index contributed by atoms with van der Waals surface area (Å²) < 4.78 is 40.7. The van der Waals surface area contributed by atoms with Crippen LogP contribution in [0.15, 0.2) is 24.3 Å². The molecule has 0 aliphatic rings. The fraction of sp³-hybridized carbons (Fsp3) is 0.412. The Balaban J connectivity index is 1.74. The van der Waals surface area contributed by atoms with Crippen LogP contribution in [-0.4, -0.2) is 25.7 Å². The van der Waals surface area contributed by atoms with Crippen LogP contribution >= 0.6 is 11.3 Å². The molecule has 3 aromatic rings. The number of nitrogens with zero attached hydrogens (tertiary/aromatic N) is 4. The molecule has 6 nitrogen and oxygen atoms in total. The van der Waals surface area contributed by atoms with E-state index in [9.17, 15) is 18.0 Å². The number of amides is 1. The number of benzene rings is 1. The minimum absolute atomic E-state index is 0.187. The molecule has 0 aliphatic heterocycles. The van der Waals surface area contributed by atoms with Crippen molar-refractivity contribution in [1.29, 1.82) is 0 Å². The number of para-hydroxylation sites is 2. The molecule has 1 aromatic carbocycles. The van der Waals surface area contributed by atoms with E-state index >= 15 is 0 Å². The standard InChI is InChI=1S/C17H18F3N5OS/c1-2-3-4-9-14-23-24-16(27-14)22-13(26)10-25-12-8-6-5-7-11(12)21-15(25)17(18,19)20/h5-8H,2-4,9-10H2,1H3,(H,22,24,26). The number of carbonyl (C=O) groups excluding carboxylic acids is 1.